The van der Waals surface area contributed by atoms with Gasteiger partial charge in [-0.3, -0.25) is 4.90 Å². The van der Waals surface area contributed by atoms with E-state index in [1.54, 1.807) is 18.3 Å². The molecule has 1 aromatic carbocycles. The molecule has 2 aromatic heterocycles. The molecule has 0 amide bonds. The Kier molecular flexibility index (Phi) is 5.57. The van der Waals surface area contributed by atoms with Gasteiger partial charge < -0.3 is 9.42 Å². The third kappa shape index (κ3) is 4.36. The molecule has 4 rings (SSSR count). The number of nitrogens with zero attached hydrogens (tertiary/aromatic N) is 5. The first-order chi connectivity index (χ1) is 14.3. The molecule has 8 nitrogen and oxygen atoms in total. The molecule has 3 aromatic rings. The summed E-state index contributed by atoms with van der Waals surface area (Å²) in [6.07, 6.45) is 4.96. The summed E-state index contributed by atoms with van der Waals surface area (Å²) in [5.74, 6) is 2.01. The van der Waals surface area contributed by atoms with Gasteiger partial charge in [0.25, 0.3) is 0 Å². The van der Waals surface area contributed by atoms with Gasteiger partial charge in [-0.2, -0.15) is 4.98 Å². The van der Waals surface area contributed by atoms with Gasteiger partial charge in [-0.25, -0.2) is 13.4 Å². The minimum atomic E-state index is -3.19. The van der Waals surface area contributed by atoms with Crippen molar-refractivity contribution in [2.45, 2.75) is 30.3 Å². The van der Waals surface area contributed by atoms with Crippen LogP contribution in [-0.2, 0) is 16.4 Å². The van der Waals surface area contributed by atoms with Gasteiger partial charge in [0.05, 0.1) is 10.9 Å². The number of anilines is 1. The largest absolute Gasteiger partial charge is 0.363 e. The Morgan fingerprint density at radius 3 is 2.57 bits per heavy atom. The minimum absolute atomic E-state index is 0.0508. The third-order valence-corrected chi connectivity index (χ3v) is 6.42. The van der Waals surface area contributed by atoms with Crippen molar-refractivity contribution in [3.63, 3.8) is 0 Å². The first-order valence-corrected chi connectivity index (χ1v) is 11.7. The van der Waals surface area contributed by atoms with Gasteiger partial charge in [-0.1, -0.05) is 17.3 Å². The highest BCUT2D eigenvalue weighted by atomic mass is 32.2. The molecule has 0 aliphatic carbocycles. The molecular formula is C21H25N5O3S. The van der Waals surface area contributed by atoms with Crippen LogP contribution < -0.4 is 4.90 Å². The van der Waals surface area contributed by atoms with Crippen LogP contribution in [-0.4, -0.2) is 55.3 Å². The van der Waals surface area contributed by atoms with E-state index in [4.69, 9.17) is 4.52 Å². The summed E-state index contributed by atoms with van der Waals surface area (Å²) in [5.41, 5.74) is 1.87. The Balaban J connectivity index is 1.49. The van der Waals surface area contributed by atoms with Crippen molar-refractivity contribution < 1.29 is 12.9 Å². The SMILES string of the molecule is CN(C)c1ccc(-c2noc([C@@H]3CCCN3Cc3ccc(S(C)(=O)=O)cc3)n2)cn1. The summed E-state index contributed by atoms with van der Waals surface area (Å²) in [6, 6.07) is 11.0. The van der Waals surface area contributed by atoms with Gasteiger partial charge in [-0.15, -0.1) is 0 Å². The van der Waals surface area contributed by atoms with E-state index >= 15 is 0 Å². The molecule has 9 heteroatoms. The van der Waals surface area contributed by atoms with Crippen molar-refractivity contribution in [3.8, 4) is 11.4 Å². The Labute approximate surface area is 176 Å². The second-order valence-corrected chi connectivity index (χ2v) is 9.82. The molecule has 1 saturated heterocycles. The van der Waals surface area contributed by atoms with Crippen molar-refractivity contribution in [2.75, 3.05) is 31.8 Å². The molecule has 0 radical (unpaired) electrons. The number of hydrogen-bond donors (Lipinski definition) is 0. The van der Waals surface area contributed by atoms with Gasteiger partial charge >= 0.3 is 0 Å². The Hall–Kier alpha value is -2.78. The zero-order chi connectivity index (χ0) is 21.3. The maximum Gasteiger partial charge on any atom is 0.244 e. The normalized spacial score (nSPS) is 17.4. The first kappa shape index (κ1) is 20.5. The summed E-state index contributed by atoms with van der Waals surface area (Å²) in [7, 11) is 0.698. The van der Waals surface area contributed by atoms with Gasteiger partial charge in [0.1, 0.15) is 5.82 Å². The summed E-state index contributed by atoms with van der Waals surface area (Å²) in [4.78, 5) is 13.6. The number of likely N-dealkylation sites (tertiary alicyclic amines) is 1. The molecule has 0 spiro atoms. The Morgan fingerprint density at radius 1 is 1.17 bits per heavy atom. The zero-order valence-electron chi connectivity index (χ0n) is 17.3. The van der Waals surface area contributed by atoms with E-state index in [9.17, 15) is 8.42 Å². The molecule has 1 atom stereocenters. The molecule has 0 saturated carbocycles. The molecule has 30 heavy (non-hydrogen) atoms. The van der Waals surface area contributed by atoms with E-state index < -0.39 is 9.84 Å². The van der Waals surface area contributed by atoms with Crippen LogP contribution in [0.3, 0.4) is 0 Å². The van der Waals surface area contributed by atoms with Crippen LogP contribution in [0.4, 0.5) is 5.82 Å². The zero-order valence-corrected chi connectivity index (χ0v) is 18.1. The minimum Gasteiger partial charge on any atom is -0.363 e. The maximum absolute atomic E-state index is 11.7. The molecule has 3 heterocycles. The average molecular weight is 428 g/mol. The van der Waals surface area contributed by atoms with E-state index in [0.717, 1.165) is 36.3 Å². The smallest absolute Gasteiger partial charge is 0.244 e. The predicted molar refractivity (Wildman–Crippen MR) is 114 cm³/mol. The summed E-state index contributed by atoms with van der Waals surface area (Å²) in [5, 5.41) is 4.15. The van der Waals surface area contributed by atoms with Gasteiger partial charge in [-0.05, 0) is 49.2 Å². The number of benzene rings is 1. The van der Waals surface area contributed by atoms with Crippen LogP contribution in [0.25, 0.3) is 11.4 Å². The molecule has 1 aliphatic heterocycles. The number of pyridine rings is 1. The second-order valence-electron chi connectivity index (χ2n) is 7.80. The number of sulfone groups is 1. The summed E-state index contributed by atoms with van der Waals surface area (Å²) < 4.78 is 28.9. The van der Waals surface area contributed by atoms with Crippen LogP contribution in [0.5, 0.6) is 0 Å². The highest BCUT2D eigenvalue weighted by Gasteiger charge is 2.31. The summed E-state index contributed by atoms with van der Waals surface area (Å²) in [6.45, 7) is 1.63. The molecule has 0 bridgehead atoms. The fourth-order valence-corrected chi connectivity index (χ4v) is 4.27. The van der Waals surface area contributed by atoms with Crippen LogP contribution in [0.2, 0.25) is 0 Å². The van der Waals surface area contributed by atoms with Crippen molar-refractivity contribution in [1.82, 2.24) is 20.0 Å². The Morgan fingerprint density at radius 2 is 1.93 bits per heavy atom. The highest BCUT2D eigenvalue weighted by molar-refractivity contribution is 7.90. The van der Waals surface area contributed by atoms with E-state index in [2.05, 4.69) is 20.0 Å². The van der Waals surface area contributed by atoms with E-state index in [1.807, 2.05) is 43.3 Å². The van der Waals surface area contributed by atoms with Crippen LogP contribution in [0.1, 0.15) is 30.3 Å². The van der Waals surface area contributed by atoms with Gasteiger partial charge in [0, 0.05) is 38.7 Å². The van der Waals surface area contributed by atoms with E-state index in [1.165, 1.54) is 6.26 Å². The van der Waals surface area contributed by atoms with E-state index in [0.29, 0.717) is 23.2 Å². The lowest BCUT2D eigenvalue weighted by Gasteiger charge is -2.21. The van der Waals surface area contributed by atoms with Crippen molar-refractivity contribution in [3.05, 3.63) is 54.0 Å². The number of rotatable bonds is 6. The van der Waals surface area contributed by atoms with Crippen LogP contribution in [0.15, 0.2) is 52.0 Å². The van der Waals surface area contributed by atoms with Gasteiger partial charge in [0.15, 0.2) is 9.84 Å². The predicted octanol–water partition coefficient (Wildman–Crippen LogP) is 2.94. The number of hydrogen-bond acceptors (Lipinski definition) is 8. The van der Waals surface area contributed by atoms with Crippen molar-refractivity contribution in [1.29, 1.82) is 0 Å². The van der Waals surface area contributed by atoms with Crippen molar-refractivity contribution in [2.24, 2.45) is 0 Å². The standard InChI is InChI=1S/C21H25N5O3S/c1-25(2)19-11-8-16(13-22-19)20-23-21(29-24-20)18-5-4-12-26(18)14-15-6-9-17(10-7-15)30(3,27)28/h6-11,13,18H,4-5,12,14H2,1-3H3/t18-/m0/s1. The van der Waals surface area contributed by atoms with Crippen LogP contribution in [0, 0.1) is 0 Å². The van der Waals surface area contributed by atoms with E-state index in [-0.39, 0.29) is 6.04 Å². The number of aromatic nitrogens is 3. The van der Waals surface area contributed by atoms with Gasteiger partial charge in [0.2, 0.25) is 11.7 Å². The molecule has 0 N–H and O–H groups in total. The maximum atomic E-state index is 11.7. The fourth-order valence-electron chi connectivity index (χ4n) is 3.64. The molecule has 1 fully saturated rings. The first-order valence-electron chi connectivity index (χ1n) is 9.81. The second kappa shape index (κ2) is 8.16. The lowest BCUT2D eigenvalue weighted by atomic mass is 10.2. The molecule has 1 aliphatic rings. The molecular weight excluding hydrogens is 402 g/mol. The quantitative estimate of drug-likeness (QED) is 0.593. The molecule has 0 unspecified atom stereocenters. The molecule has 158 valence electrons. The average Bonchev–Trinajstić information content (AvgIpc) is 3.37. The third-order valence-electron chi connectivity index (χ3n) is 5.29. The fraction of sp³-hybridized carbons (Fsp3) is 0.381. The van der Waals surface area contributed by atoms with Crippen molar-refractivity contribution >= 4 is 15.7 Å². The highest BCUT2D eigenvalue weighted by Crippen LogP contribution is 2.33. The summed E-state index contributed by atoms with van der Waals surface area (Å²) >= 11 is 0. The monoisotopic (exact) mass is 427 g/mol. The Bertz CT molecular complexity index is 1110. The topological polar surface area (TPSA) is 92.4 Å². The van der Waals surface area contributed by atoms with Crippen LogP contribution >= 0.6 is 0 Å². The lowest BCUT2D eigenvalue weighted by molar-refractivity contribution is 0.201. The lowest BCUT2D eigenvalue weighted by Crippen LogP contribution is -2.23.